The van der Waals surface area contributed by atoms with Crippen LogP contribution in [0.25, 0.3) is 0 Å². The Labute approximate surface area is 280 Å². The molecule has 0 unspecified atom stereocenters. The molecule has 48 heavy (non-hydrogen) atoms. The highest BCUT2D eigenvalue weighted by atomic mass is 16.3. The Kier molecular flexibility index (Phi) is 9.75. The Hall–Kier alpha value is -4.80. The van der Waals surface area contributed by atoms with Gasteiger partial charge in [0.15, 0.2) is 5.60 Å². The number of rotatable bonds is 12. The van der Waals surface area contributed by atoms with Crippen LogP contribution in [0.1, 0.15) is 55.7 Å². The highest BCUT2D eigenvalue weighted by molar-refractivity contribution is 6.08. The minimum atomic E-state index is -1.94. The van der Waals surface area contributed by atoms with Crippen molar-refractivity contribution in [3.63, 3.8) is 0 Å². The van der Waals surface area contributed by atoms with E-state index in [2.05, 4.69) is 0 Å². The molecule has 250 valence electrons. The number of aliphatic hydroxyl groups is 2. The molecule has 0 spiro atoms. The number of hydrogen-bond donors (Lipinski definition) is 2. The van der Waals surface area contributed by atoms with Gasteiger partial charge in [-0.1, -0.05) is 61.5 Å². The SMILES string of the molecule is C[C@@H](/C=C/CC(=O)N(CCO)Cc1ccccc1)[C@]1(O)C(=O)N(Cc2ccc(N3CCCC3=O)cc2)c2ccc(N3CCCC3=O)cc21. The molecule has 3 aromatic rings. The molecule has 4 amide bonds. The third kappa shape index (κ3) is 6.50. The number of hydrogen-bond acceptors (Lipinski definition) is 6. The zero-order valence-electron chi connectivity index (χ0n) is 27.3. The predicted molar refractivity (Wildman–Crippen MR) is 183 cm³/mol. The molecule has 0 saturated carbocycles. The lowest BCUT2D eigenvalue weighted by atomic mass is 9.82. The molecule has 2 N–H and O–H groups in total. The Bertz CT molecular complexity index is 1710. The number of carbonyl (C=O) groups is 4. The fraction of sp³-hybridized carbons (Fsp3) is 0.368. The Balaban J connectivity index is 1.24. The molecule has 2 saturated heterocycles. The van der Waals surface area contributed by atoms with Crippen LogP contribution in [-0.2, 0) is 37.9 Å². The molecule has 3 heterocycles. The molecule has 0 aliphatic carbocycles. The van der Waals surface area contributed by atoms with E-state index in [1.54, 1.807) is 50.8 Å². The second kappa shape index (κ2) is 14.1. The number of nitrogens with zero attached hydrogens (tertiary/aromatic N) is 4. The van der Waals surface area contributed by atoms with Crippen molar-refractivity contribution in [1.82, 2.24) is 4.90 Å². The third-order valence-corrected chi connectivity index (χ3v) is 9.62. The van der Waals surface area contributed by atoms with Gasteiger partial charge in [0, 0.05) is 68.3 Å². The smallest absolute Gasteiger partial charge is 0.264 e. The number of benzene rings is 3. The summed E-state index contributed by atoms with van der Waals surface area (Å²) in [6, 6.07) is 22.5. The quantitative estimate of drug-likeness (QED) is 0.283. The van der Waals surface area contributed by atoms with Gasteiger partial charge in [0.2, 0.25) is 17.7 Å². The second-order valence-electron chi connectivity index (χ2n) is 12.8. The standard InChI is InChI=1S/C38H42N4O6/c1-27(8-5-11-34(44)39(22-23-43)25-28-9-3-2-4-10-28)38(48)32-24-31(41-21-7-13-36(41)46)18-19-33(32)42(37(38)47)26-29-14-16-30(17-15-29)40-20-6-12-35(40)45/h2-5,8-10,14-19,24,27,43,48H,6-7,11-13,20-23,25-26H2,1H3/b8-5+/t27-,38+/m0/s1. The van der Waals surface area contributed by atoms with Gasteiger partial charge in [-0.2, -0.15) is 0 Å². The number of fused-ring (bicyclic) bond motifs is 1. The first kappa shape index (κ1) is 33.1. The Morgan fingerprint density at radius 1 is 0.896 bits per heavy atom. The molecular weight excluding hydrogens is 608 g/mol. The average molecular weight is 651 g/mol. The zero-order chi connectivity index (χ0) is 33.8. The molecular formula is C38H42N4O6. The van der Waals surface area contributed by atoms with E-state index in [9.17, 15) is 29.4 Å². The van der Waals surface area contributed by atoms with Gasteiger partial charge in [-0.15, -0.1) is 0 Å². The molecule has 2 fully saturated rings. The first-order valence-corrected chi connectivity index (χ1v) is 16.7. The van der Waals surface area contributed by atoms with Crippen LogP contribution < -0.4 is 14.7 Å². The average Bonchev–Trinajstić information content (AvgIpc) is 3.78. The molecule has 10 nitrogen and oxygen atoms in total. The fourth-order valence-corrected chi connectivity index (χ4v) is 6.92. The van der Waals surface area contributed by atoms with Crippen molar-refractivity contribution >= 4 is 40.7 Å². The maximum absolute atomic E-state index is 14.2. The number of anilines is 3. The lowest BCUT2D eigenvalue weighted by Gasteiger charge is -2.28. The molecule has 3 aliphatic heterocycles. The van der Waals surface area contributed by atoms with Crippen molar-refractivity contribution in [3.05, 3.63) is 102 Å². The van der Waals surface area contributed by atoms with E-state index in [1.165, 1.54) is 0 Å². The summed E-state index contributed by atoms with van der Waals surface area (Å²) >= 11 is 0. The first-order chi connectivity index (χ1) is 23.2. The minimum Gasteiger partial charge on any atom is -0.395 e. The van der Waals surface area contributed by atoms with Crippen molar-refractivity contribution in [2.24, 2.45) is 5.92 Å². The first-order valence-electron chi connectivity index (χ1n) is 16.7. The monoisotopic (exact) mass is 650 g/mol. The highest BCUT2D eigenvalue weighted by Crippen LogP contribution is 2.47. The van der Waals surface area contributed by atoms with Crippen molar-refractivity contribution in [3.8, 4) is 0 Å². The largest absolute Gasteiger partial charge is 0.395 e. The van der Waals surface area contributed by atoms with Gasteiger partial charge >= 0.3 is 0 Å². The van der Waals surface area contributed by atoms with Crippen molar-refractivity contribution in [1.29, 1.82) is 0 Å². The minimum absolute atomic E-state index is 0.00522. The molecule has 0 aromatic heterocycles. The van der Waals surface area contributed by atoms with Crippen LogP contribution in [0.2, 0.25) is 0 Å². The van der Waals surface area contributed by atoms with Crippen LogP contribution in [0.15, 0.2) is 84.9 Å². The maximum atomic E-state index is 14.2. The molecule has 10 heteroatoms. The highest BCUT2D eigenvalue weighted by Gasteiger charge is 2.52. The van der Waals surface area contributed by atoms with Gasteiger partial charge in [-0.05, 0) is 54.3 Å². The molecule has 2 atom stereocenters. The molecule has 3 aromatic carbocycles. The van der Waals surface area contributed by atoms with Gasteiger partial charge in [0.05, 0.1) is 18.8 Å². The van der Waals surface area contributed by atoms with Crippen molar-refractivity contribution < 1.29 is 29.4 Å². The van der Waals surface area contributed by atoms with E-state index in [1.807, 2.05) is 60.7 Å². The summed E-state index contributed by atoms with van der Waals surface area (Å²) in [5, 5.41) is 21.9. The summed E-state index contributed by atoms with van der Waals surface area (Å²) in [5.74, 6) is -1.28. The predicted octanol–water partition coefficient (Wildman–Crippen LogP) is 4.28. The van der Waals surface area contributed by atoms with Crippen molar-refractivity contribution in [2.45, 2.75) is 57.7 Å². The van der Waals surface area contributed by atoms with Gasteiger partial charge in [0.25, 0.3) is 5.91 Å². The van der Waals surface area contributed by atoms with Crippen LogP contribution >= 0.6 is 0 Å². The topological polar surface area (TPSA) is 122 Å². The van der Waals surface area contributed by atoms with Gasteiger partial charge in [-0.3, -0.25) is 19.2 Å². The van der Waals surface area contributed by atoms with Crippen LogP contribution in [-0.4, -0.2) is 65.0 Å². The second-order valence-corrected chi connectivity index (χ2v) is 12.8. The summed E-state index contributed by atoms with van der Waals surface area (Å²) in [5.41, 5.74) is 2.28. The number of amides is 4. The van der Waals surface area contributed by atoms with Crippen LogP contribution in [0.3, 0.4) is 0 Å². The van der Waals surface area contributed by atoms with E-state index < -0.39 is 17.4 Å². The maximum Gasteiger partial charge on any atom is 0.264 e. The van der Waals surface area contributed by atoms with Crippen LogP contribution in [0.5, 0.6) is 0 Å². The summed E-state index contributed by atoms with van der Waals surface area (Å²) in [4.78, 5) is 58.8. The van der Waals surface area contributed by atoms with Crippen LogP contribution in [0, 0.1) is 5.92 Å². The molecule has 3 aliphatic rings. The van der Waals surface area contributed by atoms with E-state index in [0.29, 0.717) is 49.4 Å². The summed E-state index contributed by atoms with van der Waals surface area (Å²) in [6.07, 6.45) is 5.97. The summed E-state index contributed by atoms with van der Waals surface area (Å²) in [6.45, 7) is 3.60. The van der Waals surface area contributed by atoms with Gasteiger partial charge in [-0.25, -0.2) is 0 Å². The van der Waals surface area contributed by atoms with Gasteiger partial charge in [0.1, 0.15) is 0 Å². The zero-order valence-corrected chi connectivity index (χ0v) is 27.3. The number of aliphatic hydroxyl groups excluding tert-OH is 1. The third-order valence-electron chi connectivity index (χ3n) is 9.62. The molecule has 0 radical (unpaired) electrons. The molecule has 6 rings (SSSR count). The van der Waals surface area contributed by atoms with E-state index >= 15 is 0 Å². The van der Waals surface area contributed by atoms with Crippen molar-refractivity contribution in [2.75, 3.05) is 40.9 Å². The van der Waals surface area contributed by atoms with E-state index in [0.717, 1.165) is 29.7 Å². The van der Waals surface area contributed by atoms with E-state index in [-0.39, 0.29) is 43.8 Å². The lowest BCUT2D eigenvalue weighted by Crippen LogP contribution is -2.44. The summed E-state index contributed by atoms with van der Waals surface area (Å²) < 4.78 is 0. The van der Waals surface area contributed by atoms with Gasteiger partial charge < -0.3 is 29.8 Å². The fourth-order valence-electron chi connectivity index (χ4n) is 6.92. The summed E-state index contributed by atoms with van der Waals surface area (Å²) in [7, 11) is 0. The van der Waals surface area contributed by atoms with E-state index in [4.69, 9.17) is 0 Å². The number of carbonyl (C=O) groups excluding carboxylic acids is 4. The normalized spacial score (nSPS) is 19.9. The van der Waals surface area contributed by atoms with Crippen LogP contribution in [0.4, 0.5) is 17.1 Å². The Morgan fingerprint density at radius 3 is 2.17 bits per heavy atom. The molecule has 0 bridgehead atoms. The lowest BCUT2D eigenvalue weighted by molar-refractivity contribution is -0.139. The Morgan fingerprint density at radius 2 is 1.54 bits per heavy atom.